The number of likely N-dealkylation sites (tertiary alicyclic amines) is 1. The number of carbonyl (C=O) groups excluding carboxylic acids is 1. The first kappa shape index (κ1) is 17.2. The molecule has 1 saturated heterocycles. The smallest absolute Gasteiger partial charge is 0.254 e. The summed E-state index contributed by atoms with van der Waals surface area (Å²) in [7, 11) is -3.45. The van der Waals surface area contributed by atoms with Crippen molar-refractivity contribution in [3.63, 3.8) is 0 Å². The Hall–Kier alpha value is -2.65. The molecular weight excluding hydrogens is 336 g/mol. The maximum absolute atomic E-state index is 12.8. The van der Waals surface area contributed by atoms with Gasteiger partial charge in [-0.15, -0.1) is 0 Å². The topological polar surface area (TPSA) is 78.2 Å². The lowest BCUT2D eigenvalue weighted by atomic mass is 10.1. The lowest BCUT2D eigenvalue weighted by Crippen LogP contribution is -2.39. The Morgan fingerprint density at radius 2 is 1.92 bits per heavy atom. The number of hydrogen-bond donors (Lipinski definition) is 0. The molecule has 2 aromatic carbocycles. The summed E-state index contributed by atoms with van der Waals surface area (Å²) in [5.74, 6) is -0.302. The number of hydrogen-bond acceptors (Lipinski definition) is 4. The number of rotatable bonds is 4. The predicted octanol–water partition coefficient (Wildman–Crippen LogP) is 2.64. The van der Waals surface area contributed by atoms with Gasteiger partial charge in [0.25, 0.3) is 5.91 Å². The molecule has 1 aliphatic heterocycles. The summed E-state index contributed by atoms with van der Waals surface area (Å²) in [6.07, 6.45) is 1.44. The fourth-order valence-electron chi connectivity index (χ4n) is 3.14. The molecule has 3 rings (SSSR count). The van der Waals surface area contributed by atoms with E-state index in [1.54, 1.807) is 59.5 Å². The van der Waals surface area contributed by atoms with Crippen molar-refractivity contribution in [2.45, 2.75) is 23.8 Å². The molecule has 0 saturated carbocycles. The SMILES string of the molecule is N#Cc1cccc(C(=O)N2CCCC2CS(=O)(=O)c2ccccc2)c1. The fraction of sp³-hybridized carbons (Fsp3) is 0.263. The van der Waals surface area contributed by atoms with E-state index >= 15 is 0 Å². The van der Waals surface area contributed by atoms with E-state index in [0.717, 1.165) is 6.42 Å². The van der Waals surface area contributed by atoms with E-state index in [0.29, 0.717) is 24.1 Å². The van der Waals surface area contributed by atoms with Crippen LogP contribution in [0.1, 0.15) is 28.8 Å². The number of nitriles is 1. The molecular formula is C19H18N2O3S. The lowest BCUT2D eigenvalue weighted by molar-refractivity contribution is 0.0749. The zero-order valence-corrected chi connectivity index (χ0v) is 14.4. The summed E-state index contributed by atoms with van der Waals surface area (Å²) in [5, 5.41) is 8.99. The maximum atomic E-state index is 12.8. The first-order valence-electron chi connectivity index (χ1n) is 8.10. The van der Waals surface area contributed by atoms with E-state index in [1.807, 2.05) is 6.07 Å². The van der Waals surface area contributed by atoms with Crippen LogP contribution in [0.5, 0.6) is 0 Å². The molecule has 2 aromatic rings. The second-order valence-electron chi connectivity index (χ2n) is 6.08. The molecule has 0 spiro atoms. The maximum Gasteiger partial charge on any atom is 0.254 e. The van der Waals surface area contributed by atoms with Gasteiger partial charge in [-0.1, -0.05) is 24.3 Å². The quantitative estimate of drug-likeness (QED) is 0.845. The molecule has 1 unspecified atom stereocenters. The molecule has 1 atom stereocenters. The van der Waals surface area contributed by atoms with E-state index in [2.05, 4.69) is 0 Å². The number of amides is 1. The van der Waals surface area contributed by atoms with Gasteiger partial charge in [-0.2, -0.15) is 5.26 Å². The summed E-state index contributed by atoms with van der Waals surface area (Å²) in [6, 6.07) is 16.5. The Morgan fingerprint density at radius 1 is 1.16 bits per heavy atom. The molecule has 25 heavy (non-hydrogen) atoms. The van der Waals surface area contributed by atoms with E-state index in [4.69, 9.17) is 5.26 Å². The number of sulfone groups is 1. The zero-order chi connectivity index (χ0) is 17.9. The highest BCUT2D eigenvalue weighted by molar-refractivity contribution is 7.91. The molecule has 1 heterocycles. The molecule has 6 heteroatoms. The average Bonchev–Trinajstić information content (AvgIpc) is 3.09. The highest BCUT2D eigenvalue weighted by Gasteiger charge is 2.33. The minimum Gasteiger partial charge on any atom is -0.335 e. The van der Waals surface area contributed by atoms with Crippen LogP contribution in [-0.4, -0.2) is 37.6 Å². The van der Waals surface area contributed by atoms with Gasteiger partial charge in [0.15, 0.2) is 9.84 Å². The van der Waals surface area contributed by atoms with Gasteiger partial charge in [0.1, 0.15) is 0 Å². The first-order valence-corrected chi connectivity index (χ1v) is 9.75. The van der Waals surface area contributed by atoms with Gasteiger partial charge in [-0.25, -0.2) is 8.42 Å². The van der Waals surface area contributed by atoms with Crippen LogP contribution in [0.3, 0.4) is 0 Å². The molecule has 0 bridgehead atoms. The third-order valence-electron chi connectivity index (χ3n) is 4.39. The van der Waals surface area contributed by atoms with Gasteiger partial charge in [0, 0.05) is 18.2 Å². The fourth-order valence-corrected chi connectivity index (χ4v) is 4.76. The van der Waals surface area contributed by atoms with E-state index in [1.165, 1.54) is 0 Å². The van der Waals surface area contributed by atoms with Gasteiger partial charge in [0.05, 0.1) is 22.3 Å². The van der Waals surface area contributed by atoms with E-state index < -0.39 is 9.84 Å². The van der Waals surface area contributed by atoms with Crippen molar-refractivity contribution < 1.29 is 13.2 Å². The van der Waals surface area contributed by atoms with Crippen molar-refractivity contribution in [3.05, 3.63) is 65.7 Å². The highest BCUT2D eigenvalue weighted by Crippen LogP contribution is 2.24. The zero-order valence-electron chi connectivity index (χ0n) is 13.6. The normalized spacial score (nSPS) is 17.2. The van der Waals surface area contributed by atoms with Crippen molar-refractivity contribution in [3.8, 4) is 6.07 Å². The minimum absolute atomic E-state index is 0.0826. The Morgan fingerprint density at radius 3 is 2.64 bits per heavy atom. The molecule has 0 N–H and O–H groups in total. The molecule has 5 nitrogen and oxygen atoms in total. The van der Waals surface area contributed by atoms with Crippen molar-refractivity contribution in [2.24, 2.45) is 0 Å². The van der Waals surface area contributed by atoms with Crippen LogP contribution in [0.2, 0.25) is 0 Å². The number of benzene rings is 2. The van der Waals surface area contributed by atoms with Crippen LogP contribution in [0.4, 0.5) is 0 Å². The number of nitrogens with zero attached hydrogens (tertiary/aromatic N) is 2. The van der Waals surface area contributed by atoms with Gasteiger partial charge >= 0.3 is 0 Å². The standard InChI is InChI=1S/C19H18N2O3S/c20-13-15-6-4-7-16(12-15)19(22)21-11-5-8-17(21)14-25(23,24)18-9-2-1-3-10-18/h1-4,6-7,9-10,12,17H,5,8,11,14H2. The summed E-state index contributed by atoms with van der Waals surface area (Å²) in [6.45, 7) is 0.532. The van der Waals surface area contributed by atoms with Crippen molar-refractivity contribution in [1.82, 2.24) is 4.90 Å². The van der Waals surface area contributed by atoms with Crippen molar-refractivity contribution in [2.75, 3.05) is 12.3 Å². The predicted molar refractivity (Wildman–Crippen MR) is 93.7 cm³/mol. The Labute approximate surface area is 147 Å². The third kappa shape index (κ3) is 3.72. The minimum atomic E-state index is -3.45. The summed E-state index contributed by atoms with van der Waals surface area (Å²) >= 11 is 0. The Balaban J connectivity index is 1.81. The van der Waals surface area contributed by atoms with Crippen molar-refractivity contribution >= 4 is 15.7 Å². The average molecular weight is 354 g/mol. The van der Waals surface area contributed by atoms with Crippen LogP contribution in [0.25, 0.3) is 0 Å². The summed E-state index contributed by atoms with van der Waals surface area (Å²) < 4.78 is 25.2. The van der Waals surface area contributed by atoms with Crippen LogP contribution in [-0.2, 0) is 9.84 Å². The highest BCUT2D eigenvalue weighted by atomic mass is 32.2. The van der Waals surface area contributed by atoms with Crippen LogP contribution < -0.4 is 0 Å². The lowest BCUT2D eigenvalue weighted by Gasteiger charge is -2.24. The molecule has 1 fully saturated rings. The second kappa shape index (κ2) is 7.08. The van der Waals surface area contributed by atoms with Gasteiger partial charge < -0.3 is 4.90 Å². The van der Waals surface area contributed by atoms with E-state index in [9.17, 15) is 13.2 Å². The largest absolute Gasteiger partial charge is 0.335 e. The molecule has 0 radical (unpaired) electrons. The summed E-state index contributed by atoms with van der Waals surface area (Å²) in [4.78, 5) is 14.7. The molecule has 1 amide bonds. The van der Waals surface area contributed by atoms with Crippen LogP contribution >= 0.6 is 0 Å². The van der Waals surface area contributed by atoms with Crippen LogP contribution in [0, 0.1) is 11.3 Å². The second-order valence-corrected chi connectivity index (χ2v) is 8.12. The third-order valence-corrected chi connectivity index (χ3v) is 6.20. The molecule has 0 aromatic heterocycles. The molecule has 1 aliphatic rings. The molecule has 0 aliphatic carbocycles. The Bertz CT molecular complexity index is 917. The number of carbonyl (C=O) groups is 1. The van der Waals surface area contributed by atoms with Gasteiger partial charge in [-0.3, -0.25) is 4.79 Å². The van der Waals surface area contributed by atoms with Gasteiger partial charge in [0.2, 0.25) is 0 Å². The van der Waals surface area contributed by atoms with Crippen LogP contribution in [0.15, 0.2) is 59.5 Å². The Kier molecular flexibility index (Phi) is 4.86. The monoisotopic (exact) mass is 354 g/mol. The molecule has 128 valence electrons. The first-order chi connectivity index (χ1) is 12.0. The summed E-state index contributed by atoms with van der Waals surface area (Å²) in [5.41, 5.74) is 0.835. The van der Waals surface area contributed by atoms with E-state index in [-0.39, 0.29) is 22.6 Å². The van der Waals surface area contributed by atoms with Crippen molar-refractivity contribution in [1.29, 1.82) is 5.26 Å². The van der Waals surface area contributed by atoms with Gasteiger partial charge in [-0.05, 0) is 43.2 Å².